The Kier molecular flexibility index (Phi) is 4.29. The van der Waals surface area contributed by atoms with Gasteiger partial charge in [0, 0.05) is 13.3 Å². The SMILES string of the molecule is C=C(NC)/C(=C/C)N=CC. The maximum absolute atomic E-state index is 4.09. The van der Waals surface area contributed by atoms with E-state index >= 15 is 0 Å². The average Bonchev–Trinajstić information content (AvgIpc) is 1.99. The molecule has 56 valence electrons. The quantitative estimate of drug-likeness (QED) is 0.466. The van der Waals surface area contributed by atoms with E-state index in [-0.39, 0.29) is 0 Å². The molecule has 0 heterocycles. The molecule has 0 saturated carbocycles. The molecule has 0 aromatic rings. The monoisotopic (exact) mass is 138 g/mol. The Hall–Kier alpha value is -1.05. The standard InChI is InChI=1S/C8H14N2/c1-5-8(10-6-2)7(3)9-4/h5-6,9H,3H2,1-2,4H3/b8-5-,10-6?. The molecule has 0 rings (SSSR count). The zero-order valence-electron chi connectivity index (χ0n) is 6.81. The van der Waals surface area contributed by atoms with E-state index in [1.165, 1.54) is 0 Å². The van der Waals surface area contributed by atoms with Gasteiger partial charge in [0.25, 0.3) is 0 Å². The van der Waals surface area contributed by atoms with Gasteiger partial charge in [-0.2, -0.15) is 0 Å². The van der Waals surface area contributed by atoms with Crippen LogP contribution >= 0.6 is 0 Å². The number of hydrogen-bond donors (Lipinski definition) is 1. The van der Waals surface area contributed by atoms with Gasteiger partial charge in [0.1, 0.15) is 0 Å². The molecule has 2 heteroatoms. The van der Waals surface area contributed by atoms with E-state index in [0.717, 1.165) is 11.4 Å². The Morgan fingerprint density at radius 2 is 2.10 bits per heavy atom. The van der Waals surface area contributed by atoms with Crippen LogP contribution in [-0.2, 0) is 0 Å². The third-order valence-corrected chi connectivity index (χ3v) is 1.15. The van der Waals surface area contributed by atoms with Crippen LogP contribution in [0.1, 0.15) is 13.8 Å². The van der Waals surface area contributed by atoms with Gasteiger partial charge in [-0.05, 0) is 13.8 Å². The van der Waals surface area contributed by atoms with Gasteiger partial charge in [0.15, 0.2) is 0 Å². The number of nitrogens with one attached hydrogen (secondary N) is 1. The normalized spacial score (nSPS) is 12.1. The summed E-state index contributed by atoms with van der Waals surface area (Å²) in [4.78, 5) is 4.09. The molecular formula is C8H14N2. The lowest BCUT2D eigenvalue weighted by atomic mass is 10.3. The molecule has 0 amide bonds. The second-order valence-corrected chi connectivity index (χ2v) is 1.79. The van der Waals surface area contributed by atoms with Crippen molar-refractivity contribution >= 4 is 6.21 Å². The minimum absolute atomic E-state index is 0.848. The lowest BCUT2D eigenvalue weighted by Gasteiger charge is -2.02. The second-order valence-electron chi connectivity index (χ2n) is 1.79. The fraction of sp³-hybridized carbons (Fsp3) is 0.375. The maximum Gasteiger partial charge on any atom is 0.0808 e. The Bertz CT molecular complexity index is 166. The Morgan fingerprint density at radius 1 is 1.50 bits per heavy atom. The molecule has 0 radical (unpaired) electrons. The van der Waals surface area contributed by atoms with E-state index in [1.807, 2.05) is 27.0 Å². The van der Waals surface area contributed by atoms with Crippen LogP contribution < -0.4 is 5.32 Å². The third-order valence-electron chi connectivity index (χ3n) is 1.15. The van der Waals surface area contributed by atoms with Crippen molar-refractivity contribution in [3.63, 3.8) is 0 Å². The summed E-state index contributed by atoms with van der Waals surface area (Å²) in [5, 5.41) is 2.92. The van der Waals surface area contributed by atoms with Crippen molar-refractivity contribution in [2.45, 2.75) is 13.8 Å². The molecule has 1 N–H and O–H groups in total. The zero-order chi connectivity index (χ0) is 7.98. The molecule has 0 spiro atoms. The first-order valence-corrected chi connectivity index (χ1v) is 3.28. The fourth-order valence-electron chi connectivity index (χ4n) is 0.594. The minimum Gasteiger partial charge on any atom is -0.387 e. The summed E-state index contributed by atoms with van der Waals surface area (Å²) < 4.78 is 0. The van der Waals surface area contributed by atoms with E-state index in [1.54, 1.807) is 6.21 Å². The third kappa shape index (κ3) is 2.49. The second kappa shape index (κ2) is 4.79. The van der Waals surface area contributed by atoms with Gasteiger partial charge in [0.2, 0.25) is 0 Å². The van der Waals surface area contributed by atoms with Crippen molar-refractivity contribution in [1.82, 2.24) is 5.32 Å². The molecule has 0 aromatic carbocycles. The first-order valence-electron chi connectivity index (χ1n) is 3.28. The van der Waals surface area contributed by atoms with Crippen molar-refractivity contribution in [1.29, 1.82) is 0 Å². The molecule has 0 unspecified atom stereocenters. The van der Waals surface area contributed by atoms with Crippen LogP contribution in [0.2, 0.25) is 0 Å². The van der Waals surface area contributed by atoms with Gasteiger partial charge < -0.3 is 5.32 Å². The topological polar surface area (TPSA) is 24.4 Å². The summed E-state index contributed by atoms with van der Waals surface area (Å²) in [6, 6.07) is 0. The molecular weight excluding hydrogens is 124 g/mol. The van der Waals surface area contributed by atoms with E-state index in [2.05, 4.69) is 16.9 Å². The number of likely N-dealkylation sites (N-methyl/N-ethyl adjacent to an activating group) is 1. The van der Waals surface area contributed by atoms with Gasteiger partial charge in [-0.25, -0.2) is 0 Å². The van der Waals surface area contributed by atoms with Gasteiger partial charge >= 0.3 is 0 Å². The highest BCUT2D eigenvalue weighted by Gasteiger charge is 1.92. The first-order chi connectivity index (χ1) is 4.76. The van der Waals surface area contributed by atoms with Gasteiger partial charge in [-0.3, -0.25) is 4.99 Å². The molecule has 0 saturated heterocycles. The molecule has 0 fully saturated rings. The Morgan fingerprint density at radius 3 is 2.40 bits per heavy atom. The van der Waals surface area contributed by atoms with Crippen LogP contribution in [0.15, 0.2) is 29.0 Å². The molecule has 0 atom stereocenters. The molecule has 0 aromatic heterocycles. The summed E-state index contributed by atoms with van der Waals surface area (Å²) in [7, 11) is 1.83. The molecule has 0 bridgehead atoms. The summed E-state index contributed by atoms with van der Waals surface area (Å²) in [6.45, 7) is 7.59. The highest BCUT2D eigenvalue weighted by molar-refractivity contribution is 5.56. The van der Waals surface area contributed by atoms with E-state index in [9.17, 15) is 0 Å². The van der Waals surface area contributed by atoms with Crippen molar-refractivity contribution in [3.8, 4) is 0 Å². The predicted octanol–water partition coefficient (Wildman–Crippen LogP) is 1.71. The van der Waals surface area contributed by atoms with E-state index < -0.39 is 0 Å². The summed E-state index contributed by atoms with van der Waals surface area (Å²) in [6.07, 6.45) is 3.66. The highest BCUT2D eigenvalue weighted by atomic mass is 14.9. The fourth-order valence-corrected chi connectivity index (χ4v) is 0.594. The lowest BCUT2D eigenvalue weighted by molar-refractivity contribution is 0.995. The molecule has 0 aliphatic rings. The smallest absolute Gasteiger partial charge is 0.0808 e. The van der Waals surface area contributed by atoms with E-state index in [4.69, 9.17) is 0 Å². The Labute approximate surface area is 62.4 Å². The number of aliphatic imine (C=N–C) groups is 1. The van der Waals surface area contributed by atoms with Gasteiger partial charge in [-0.15, -0.1) is 0 Å². The van der Waals surface area contributed by atoms with Crippen molar-refractivity contribution in [2.24, 2.45) is 4.99 Å². The van der Waals surface area contributed by atoms with Crippen LogP contribution in [0, 0.1) is 0 Å². The van der Waals surface area contributed by atoms with Crippen molar-refractivity contribution < 1.29 is 0 Å². The summed E-state index contributed by atoms with van der Waals surface area (Å²) >= 11 is 0. The maximum atomic E-state index is 4.09. The number of allylic oxidation sites excluding steroid dienone is 1. The van der Waals surface area contributed by atoms with Crippen LogP contribution in [0.4, 0.5) is 0 Å². The predicted molar refractivity (Wildman–Crippen MR) is 46.1 cm³/mol. The van der Waals surface area contributed by atoms with Gasteiger partial charge in [-0.1, -0.05) is 12.7 Å². The minimum atomic E-state index is 0.848. The first kappa shape index (κ1) is 8.95. The molecule has 10 heavy (non-hydrogen) atoms. The van der Waals surface area contributed by atoms with Crippen LogP contribution in [0.3, 0.4) is 0 Å². The molecule has 2 nitrogen and oxygen atoms in total. The number of nitrogens with zero attached hydrogens (tertiary/aromatic N) is 1. The van der Waals surface area contributed by atoms with Gasteiger partial charge in [0.05, 0.1) is 11.4 Å². The Balaban J connectivity index is 4.23. The van der Waals surface area contributed by atoms with Crippen molar-refractivity contribution in [2.75, 3.05) is 7.05 Å². The van der Waals surface area contributed by atoms with Crippen LogP contribution in [0.5, 0.6) is 0 Å². The largest absolute Gasteiger partial charge is 0.387 e. The van der Waals surface area contributed by atoms with Crippen LogP contribution in [-0.4, -0.2) is 13.3 Å². The zero-order valence-corrected chi connectivity index (χ0v) is 6.81. The highest BCUT2D eigenvalue weighted by Crippen LogP contribution is 2.03. The van der Waals surface area contributed by atoms with E-state index in [0.29, 0.717) is 0 Å². The lowest BCUT2D eigenvalue weighted by Crippen LogP contribution is -2.05. The summed E-state index contributed by atoms with van der Waals surface area (Å²) in [5.41, 5.74) is 1.74. The molecule has 0 aliphatic heterocycles. The average molecular weight is 138 g/mol. The number of rotatable bonds is 3. The summed E-state index contributed by atoms with van der Waals surface area (Å²) in [5.74, 6) is 0. The van der Waals surface area contributed by atoms with Crippen LogP contribution in [0.25, 0.3) is 0 Å². The molecule has 0 aliphatic carbocycles. The van der Waals surface area contributed by atoms with Crippen molar-refractivity contribution in [3.05, 3.63) is 24.0 Å². The number of hydrogen-bond acceptors (Lipinski definition) is 2.